The number of carbonyl (C=O) groups excluding carboxylic acids is 1. The molecule has 0 saturated heterocycles. The first-order chi connectivity index (χ1) is 10.1. The van der Waals surface area contributed by atoms with Gasteiger partial charge in [-0.2, -0.15) is 0 Å². The second-order valence-corrected chi connectivity index (χ2v) is 4.68. The Hall–Kier alpha value is -2.56. The Morgan fingerprint density at radius 2 is 2.05 bits per heavy atom. The topological polar surface area (TPSA) is 74.3 Å². The molecule has 0 unspecified atom stereocenters. The highest BCUT2D eigenvalue weighted by Gasteiger charge is 2.16. The van der Waals surface area contributed by atoms with Crippen molar-refractivity contribution in [3.05, 3.63) is 64.1 Å². The number of esters is 1. The number of aromatic nitrogens is 1. The summed E-state index contributed by atoms with van der Waals surface area (Å²) in [5.41, 5.74) is 7.13. The minimum atomic E-state index is -0.450. The maximum atomic E-state index is 12.1. The van der Waals surface area contributed by atoms with Crippen LogP contribution in [0.2, 0.25) is 0 Å². The zero-order chi connectivity index (χ0) is 15.2. The maximum absolute atomic E-state index is 12.1. The largest absolute Gasteiger partial charge is 0.462 e. The number of hydrogen-bond acceptors (Lipinski definition) is 4. The van der Waals surface area contributed by atoms with Gasteiger partial charge in [0.1, 0.15) is 0 Å². The highest BCUT2D eigenvalue weighted by molar-refractivity contribution is 5.96. The number of nitrogens with zero attached hydrogens (tertiary/aromatic N) is 1. The molecule has 2 aromatic rings. The molecule has 0 amide bonds. The van der Waals surface area contributed by atoms with Crippen LogP contribution in [-0.2, 0) is 11.3 Å². The second kappa shape index (κ2) is 6.74. The van der Waals surface area contributed by atoms with Crippen LogP contribution in [0, 0.1) is 0 Å². The molecule has 0 radical (unpaired) electrons. The van der Waals surface area contributed by atoms with Crippen LogP contribution in [-0.4, -0.2) is 17.1 Å². The summed E-state index contributed by atoms with van der Waals surface area (Å²) in [4.78, 5) is 23.9. The third-order valence-corrected chi connectivity index (χ3v) is 3.06. The molecule has 5 nitrogen and oxygen atoms in total. The van der Waals surface area contributed by atoms with E-state index in [1.165, 1.54) is 10.6 Å². The molecular weight excluding hydrogens is 268 g/mol. The molecule has 5 heteroatoms. The van der Waals surface area contributed by atoms with Gasteiger partial charge in [-0.05, 0) is 24.1 Å². The second-order valence-electron chi connectivity index (χ2n) is 4.68. The molecule has 0 aliphatic rings. The Kier molecular flexibility index (Phi) is 4.77. The van der Waals surface area contributed by atoms with Gasteiger partial charge in [-0.15, -0.1) is 0 Å². The van der Waals surface area contributed by atoms with Gasteiger partial charge in [-0.1, -0.05) is 25.1 Å². The number of ether oxygens (including phenoxy) is 1. The Labute approximate surface area is 123 Å². The van der Waals surface area contributed by atoms with Crippen LogP contribution >= 0.6 is 0 Å². The van der Waals surface area contributed by atoms with E-state index < -0.39 is 5.97 Å². The van der Waals surface area contributed by atoms with Crippen molar-refractivity contribution in [3.63, 3.8) is 0 Å². The van der Waals surface area contributed by atoms with Crippen LogP contribution in [0.3, 0.4) is 0 Å². The standard InChI is InChI=1S/C16H18N2O3/c1-2-10-21-16(20)15-12(6-5-7-13(15)17)11-18-9-4-3-8-14(18)19/h3-9H,2,10-11,17H2,1H3. The fraction of sp³-hybridized carbons (Fsp3) is 0.250. The van der Waals surface area contributed by atoms with Crippen molar-refractivity contribution in [2.24, 2.45) is 0 Å². The molecule has 1 aromatic heterocycles. The van der Waals surface area contributed by atoms with E-state index in [-0.39, 0.29) is 12.1 Å². The van der Waals surface area contributed by atoms with Gasteiger partial charge in [0.05, 0.1) is 18.7 Å². The lowest BCUT2D eigenvalue weighted by molar-refractivity contribution is 0.0505. The molecule has 0 fully saturated rings. The van der Waals surface area contributed by atoms with E-state index in [2.05, 4.69) is 0 Å². The average molecular weight is 286 g/mol. The van der Waals surface area contributed by atoms with E-state index in [0.717, 1.165) is 6.42 Å². The number of nitrogen functional groups attached to an aromatic ring is 1. The van der Waals surface area contributed by atoms with Gasteiger partial charge < -0.3 is 15.0 Å². The summed E-state index contributed by atoms with van der Waals surface area (Å²) in [5.74, 6) is -0.450. The molecule has 0 aliphatic heterocycles. The summed E-state index contributed by atoms with van der Waals surface area (Å²) in [6, 6.07) is 10.1. The lowest BCUT2D eigenvalue weighted by Gasteiger charge is -2.13. The third-order valence-electron chi connectivity index (χ3n) is 3.06. The lowest BCUT2D eigenvalue weighted by Crippen LogP contribution is -2.21. The summed E-state index contributed by atoms with van der Waals surface area (Å²) in [7, 11) is 0. The molecule has 2 N–H and O–H groups in total. The summed E-state index contributed by atoms with van der Waals surface area (Å²) >= 11 is 0. The Bertz CT molecular complexity index is 692. The summed E-state index contributed by atoms with van der Waals surface area (Å²) in [5, 5.41) is 0. The predicted molar refractivity (Wildman–Crippen MR) is 81.2 cm³/mol. The summed E-state index contributed by atoms with van der Waals surface area (Å²) < 4.78 is 6.68. The predicted octanol–water partition coefficient (Wildman–Crippen LogP) is 2.05. The molecular formula is C16H18N2O3. The molecule has 1 aromatic carbocycles. The number of nitrogens with two attached hydrogens (primary N) is 1. The zero-order valence-corrected chi connectivity index (χ0v) is 11.9. The molecule has 0 spiro atoms. The summed E-state index contributed by atoms with van der Waals surface area (Å²) in [6.45, 7) is 2.55. The van der Waals surface area contributed by atoms with Crippen molar-refractivity contribution in [2.45, 2.75) is 19.9 Å². The molecule has 0 atom stereocenters. The number of carbonyl (C=O) groups is 1. The molecule has 0 aliphatic carbocycles. The normalized spacial score (nSPS) is 10.3. The number of rotatable bonds is 5. The van der Waals surface area contributed by atoms with Crippen molar-refractivity contribution in [1.29, 1.82) is 0 Å². The highest BCUT2D eigenvalue weighted by Crippen LogP contribution is 2.19. The quantitative estimate of drug-likeness (QED) is 0.674. The van der Waals surface area contributed by atoms with Gasteiger partial charge in [0.25, 0.3) is 5.56 Å². The smallest absolute Gasteiger partial charge is 0.340 e. The van der Waals surface area contributed by atoms with Gasteiger partial charge in [0.15, 0.2) is 0 Å². The number of hydrogen-bond donors (Lipinski definition) is 1. The fourth-order valence-electron chi connectivity index (χ4n) is 2.04. The van der Waals surface area contributed by atoms with E-state index in [0.29, 0.717) is 23.4 Å². The third kappa shape index (κ3) is 3.51. The molecule has 110 valence electrons. The van der Waals surface area contributed by atoms with Gasteiger partial charge in [0.2, 0.25) is 0 Å². The number of pyridine rings is 1. The molecule has 1 heterocycles. The van der Waals surface area contributed by atoms with Gasteiger partial charge >= 0.3 is 5.97 Å². The Balaban J connectivity index is 2.36. The Morgan fingerprint density at radius 1 is 1.24 bits per heavy atom. The first-order valence-corrected chi connectivity index (χ1v) is 6.83. The van der Waals surface area contributed by atoms with Crippen molar-refractivity contribution >= 4 is 11.7 Å². The van der Waals surface area contributed by atoms with E-state index in [9.17, 15) is 9.59 Å². The monoisotopic (exact) mass is 286 g/mol. The van der Waals surface area contributed by atoms with E-state index in [1.54, 1.807) is 36.5 Å². The lowest BCUT2D eigenvalue weighted by atomic mass is 10.1. The Morgan fingerprint density at radius 3 is 2.76 bits per heavy atom. The average Bonchev–Trinajstić information content (AvgIpc) is 2.47. The molecule has 0 bridgehead atoms. The van der Waals surface area contributed by atoms with Crippen molar-refractivity contribution in [3.8, 4) is 0 Å². The van der Waals surface area contributed by atoms with E-state index in [4.69, 9.17) is 10.5 Å². The number of anilines is 1. The molecule has 2 rings (SSSR count). The number of benzene rings is 1. The van der Waals surface area contributed by atoms with Gasteiger partial charge in [-0.25, -0.2) is 4.79 Å². The minimum Gasteiger partial charge on any atom is -0.462 e. The van der Waals surface area contributed by atoms with Gasteiger partial charge in [-0.3, -0.25) is 4.79 Å². The fourth-order valence-corrected chi connectivity index (χ4v) is 2.04. The van der Waals surface area contributed by atoms with Crippen molar-refractivity contribution in [2.75, 3.05) is 12.3 Å². The van der Waals surface area contributed by atoms with Crippen LogP contribution < -0.4 is 11.3 Å². The van der Waals surface area contributed by atoms with Crippen LogP contribution in [0.5, 0.6) is 0 Å². The maximum Gasteiger partial charge on any atom is 0.340 e. The van der Waals surface area contributed by atoms with E-state index >= 15 is 0 Å². The zero-order valence-electron chi connectivity index (χ0n) is 11.9. The SMILES string of the molecule is CCCOC(=O)c1c(N)cccc1Cn1ccccc1=O. The van der Waals surface area contributed by atoms with Gasteiger partial charge in [0, 0.05) is 18.0 Å². The van der Waals surface area contributed by atoms with Crippen LogP contribution in [0.15, 0.2) is 47.4 Å². The van der Waals surface area contributed by atoms with Crippen LogP contribution in [0.25, 0.3) is 0 Å². The highest BCUT2D eigenvalue weighted by atomic mass is 16.5. The minimum absolute atomic E-state index is 0.132. The summed E-state index contributed by atoms with van der Waals surface area (Å²) in [6.07, 6.45) is 2.42. The van der Waals surface area contributed by atoms with Crippen LogP contribution in [0.1, 0.15) is 29.3 Å². The van der Waals surface area contributed by atoms with Crippen molar-refractivity contribution in [1.82, 2.24) is 4.57 Å². The first-order valence-electron chi connectivity index (χ1n) is 6.83. The first kappa shape index (κ1) is 14.8. The molecule has 0 saturated carbocycles. The van der Waals surface area contributed by atoms with E-state index in [1.807, 2.05) is 6.92 Å². The van der Waals surface area contributed by atoms with Crippen LogP contribution in [0.4, 0.5) is 5.69 Å². The molecule has 21 heavy (non-hydrogen) atoms. The van der Waals surface area contributed by atoms with Crippen molar-refractivity contribution < 1.29 is 9.53 Å².